The van der Waals surface area contributed by atoms with Crippen LogP contribution in [-0.2, 0) is 6.61 Å². The van der Waals surface area contributed by atoms with E-state index in [1.165, 1.54) is 0 Å². The number of hydrogen-bond acceptors (Lipinski definition) is 3. The summed E-state index contributed by atoms with van der Waals surface area (Å²) in [7, 11) is 0. The molecule has 4 rings (SSSR count). The minimum Gasteiger partial charge on any atom is -0.481 e. The van der Waals surface area contributed by atoms with Gasteiger partial charge in [0.25, 0.3) is 0 Å². The number of hydrogen-bond donors (Lipinski definition) is 0. The largest absolute Gasteiger partial charge is 0.481 e. The topological polar surface area (TPSA) is 39.4 Å². The third-order valence-electron chi connectivity index (χ3n) is 4.69. The average Bonchev–Trinajstić information content (AvgIpc) is 2.71. The number of fused-ring (bicyclic) bond motifs is 1. The van der Waals surface area contributed by atoms with Crippen LogP contribution in [0.4, 0.5) is 0 Å². The van der Waals surface area contributed by atoms with E-state index in [4.69, 9.17) is 32.4 Å². The van der Waals surface area contributed by atoms with Crippen LogP contribution in [0, 0.1) is 13.8 Å². The van der Waals surface area contributed by atoms with Crippen LogP contribution in [0.25, 0.3) is 22.3 Å². The van der Waals surface area contributed by atoms with Crippen molar-refractivity contribution in [3.63, 3.8) is 0 Å². The highest BCUT2D eigenvalue weighted by Gasteiger charge is 2.18. The number of rotatable bonds is 4. The molecular weight excluding hydrogens is 407 g/mol. The zero-order chi connectivity index (χ0) is 20.5. The summed E-state index contributed by atoms with van der Waals surface area (Å²) in [6.45, 7) is 4.10. The van der Waals surface area contributed by atoms with Gasteiger partial charge >= 0.3 is 0 Å². The van der Waals surface area contributed by atoms with Crippen molar-refractivity contribution in [3.8, 4) is 17.1 Å². The van der Waals surface area contributed by atoms with Crippen LogP contribution in [0.2, 0.25) is 10.0 Å². The van der Waals surface area contributed by atoms with Crippen molar-refractivity contribution >= 4 is 34.2 Å². The number of benzene rings is 3. The van der Waals surface area contributed by atoms with E-state index in [0.29, 0.717) is 26.8 Å². The smallest absolute Gasteiger partial charge is 0.235 e. The van der Waals surface area contributed by atoms with Gasteiger partial charge in [-0.25, -0.2) is 0 Å². The average molecular weight is 425 g/mol. The number of halogens is 2. The lowest BCUT2D eigenvalue weighted by atomic mass is 10.1. The Morgan fingerprint density at radius 3 is 2.31 bits per heavy atom. The van der Waals surface area contributed by atoms with Gasteiger partial charge in [-0.2, -0.15) is 0 Å². The molecule has 0 bridgehead atoms. The minimum atomic E-state index is -0.203. The SMILES string of the molecule is Cc1ccc(-c2oc3ccc(C)cc3c(=O)c2OCc2ccc(Cl)c(Cl)c2)cc1. The molecule has 0 amide bonds. The zero-order valence-corrected chi connectivity index (χ0v) is 17.5. The van der Waals surface area contributed by atoms with Gasteiger partial charge in [0, 0.05) is 5.56 Å². The van der Waals surface area contributed by atoms with Gasteiger partial charge in [-0.05, 0) is 43.7 Å². The predicted molar refractivity (Wildman–Crippen MR) is 118 cm³/mol. The Bertz CT molecular complexity index is 1260. The standard InChI is InChI=1S/C24H18Cl2O3/c1-14-3-7-17(8-4-14)23-24(28-13-16-6-9-19(25)20(26)12-16)22(27)18-11-15(2)5-10-21(18)29-23/h3-12H,13H2,1-2H3. The van der Waals surface area contributed by atoms with Crippen molar-refractivity contribution in [2.24, 2.45) is 0 Å². The molecule has 29 heavy (non-hydrogen) atoms. The number of ether oxygens (including phenoxy) is 1. The van der Waals surface area contributed by atoms with Gasteiger partial charge in [-0.15, -0.1) is 0 Å². The molecule has 0 aliphatic rings. The molecule has 0 N–H and O–H groups in total. The van der Waals surface area contributed by atoms with Gasteiger partial charge in [0.2, 0.25) is 11.2 Å². The zero-order valence-electron chi connectivity index (χ0n) is 16.0. The molecule has 0 radical (unpaired) electrons. The van der Waals surface area contributed by atoms with Crippen LogP contribution in [0.5, 0.6) is 5.75 Å². The highest BCUT2D eigenvalue weighted by atomic mass is 35.5. The van der Waals surface area contributed by atoms with Crippen molar-refractivity contribution in [2.75, 3.05) is 0 Å². The second-order valence-electron chi connectivity index (χ2n) is 6.99. The van der Waals surface area contributed by atoms with Crippen molar-refractivity contribution in [1.82, 2.24) is 0 Å². The van der Waals surface area contributed by atoms with Gasteiger partial charge in [-0.1, -0.05) is 70.7 Å². The van der Waals surface area contributed by atoms with E-state index in [9.17, 15) is 4.79 Å². The molecule has 0 fully saturated rings. The highest BCUT2D eigenvalue weighted by Crippen LogP contribution is 2.32. The lowest BCUT2D eigenvalue weighted by Crippen LogP contribution is -2.10. The molecule has 0 atom stereocenters. The van der Waals surface area contributed by atoms with Crippen LogP contribution < -0.4 is 10.2 Å². The van der Waals surface area contributed by atoms with Crippen molar-refractivity contribution in [3.05, 3.63) is 97.6 Å². The molecule has 3 aromatic carbocycles. The van der Waals surface area contributed by atoms with Gasteiger partial charge in [-0.3, -0.25) is 4.79 Å². The monoisotopic (exact) mass is 424 g/mol. The maximum Gasteiger partial charge on any atom is 0.235 e. The fourth-order valence-corrected chi connectivity index (χ4v) is 3.42. The van der Waals surface area contributed by atoms with Crippen molar-refractivity contribution < 1.29 is 9.15 Å². The van der Waals surface area contributed by atoms with Gasteiger partial charge in [0.15, 0.2) is 5.76 Å². The van der Waals surface area contributed by atoms with Gasteiger partial charge in [0.1, 0.15) is 12.2 Å². The minimum absolute atomic E-state index is 0.165. The van der Waals surface area contributed by atoms with Crippen LogP contribution in [0.3, 0.4) is 0 Å². The molecule has 3 nitrogen and oxygen atoms in total. The van der Waals surface area contributed by atoms with Gasteiger partial charge < -0.3 is 9.15 Å². The molecule has 0 aliphatic heterocycles. The van der Waals surface area contributed by atoms with E-state index in [1.54, 1.807) is 12.1 Å². The Hall–Kier alpha value is -2.75. The molecule has 0 saturated carbocycles. The van der Waals surface area contributed by atoms with E-state index in [2.05, 4.69) is 0 Å². The lowest BCUT2D eigenvalue weighted by molar-refractivity contribution is 0.298. The molecule has 0 aliphatic carbocycles. The summed E-state index contributed by atoms with van der Waals surface area (Å²) >= 11 is 12.1. The van der Waals surface area contributed by atoms with E-state index in [1.807, 2.05) is 62.4 Å². The van der Waals surface area contributed by atoms with Gasteiger partial charge in [0.05, 0.1) is 15.4 Å². The molecular formula is C24H18Cl2O3. The van der Waals surface area contributed by atoms with Crippen LogP contribution in [-0.4, -0.2) is 0 Å². The fraction of sp³-hybridized carbons (Fsp3) is 0.125. The quantitative estimate of drug-likeness (QED) is 0.355. The van der Waals surface area contributed by atoms with Crippen molar-refractivity contribution in [2.45, 2.75) is 20.5 Å². The summed E-state index contributed by atoms with van der Waals surface area (Å²) < 4.78 is 12.1. The second kappa shape index (κ2) is 7.94. The first-order valence-electron chi connectivity index (χ1n) is 9.13. The normalized spacial score (nSPS) is 11.0. The molecule has 146 valence electrons. The third kappa shape index (κ3) is 4.02. The Balaban J connectivity index is 1.83. The molecule has 1 heterocycles. The van der Waals surface area contributed by atoms with Crippen molar-refractivity contribution in [1.29, 1.82) is 0 Å². The summed E-state index contributed by atoms with van der Waals surface area (Å²) in [5.41, 5.74) is 4.00. The third-order valence-corrected chi connectivity index (χ3v) is 5.42. The fourth-order valence-electron chi connectivity index (χ4n) is 3.10. The van der Waals surface area contributed by atoms with E-state index < -0.39 is 0 Å². The molecule has 0 unspecified atom stereocenters. The molecule has 4 aromatic rings. The summed E-state index contributed by atoms with van der Waals surface area (Å²) in [4.78, 5) is 13.3. The Morgan fingerprint density at radius 2 is 1.59 bits per heavy atom. The van der Waals surface area contributed by atoms with Crippen LogP contribution in [0.1, 0.15) is 16.7 Å². The second-order valence-corrected chi connectivity index (χ2v) is 7.81. The molecule has 5 heteroatoms. The highest BCUT2D eigenvalue weighted by molar-refractivity contribution is 6.42. The van der Waals surface area contributed by atoms with E-state index in [0.717, 1.165) is 22.3 Å². The molecule has 1 aromatic heterocycles. The number of aryl methyl sites for hydroxylation is 2. The Morgan fingerprint density at radius 1 is 0.862 bits per heavy atom. The van der Waals surface area contributed by atoms with Crippen LogP contribution >= 0.6 is 23.2 Å². The first kappa shape index (κ1) is 19.6. The summed E-state index contributed by atoms with van der Waals surface area (Å²) in [6.07, 6.45) is 0. The van der Waals surface area contributed by atoms with Crippen LogP contribution in [0.15, 0.2) is 69.9 Å². The Labute approximate surface area is 178 Å². The van der Waals surface area contributed by atoms with E-state index >= 15 is 0 Å². The first-order valence-corrected chi connectivity index (χ1v) is 9.89. The maximum atomic E-state index is 13.3. The predicted octanol–water partition coefficient (Wildman–Crippen LogP) is 6.96. The Kier molecular flexibility index (Phi) is 5.35. The van der Waals surface area contributed by atoms with E-state index in [-0.39, 0.29) is 17.8 Å². The summed E-state index contributed by atoms with van der Waals surface area (Å²) in [5.74, 6) is 0.587. The first-order chi connectivity index (χ1) is 13.9. The maximum absolute atomic E-state index is 13.3. The molecule has 0 saturated heterocycles. The summed E-state index contributed by atoms with van der Waals surface area (Å²) in [6, 6.07) is 18.6. The lowest BCUT2D eigenvalue weighted by Gasteiger charge is -2.12. The molecule has 0 spiro atoms. The summed E-state index contributed by atoms with van der Waals surface area (Å²) in [5, 5.41) is 1.40.